The lowest BCUT2D eigenvalue weighted by Gasteiger charge is -2.58. The van der Waals surface area contributed by atoms with Crippen LogP contribution in [0, 0.1) is 22.5 Å². The Labute approximate surface area is 144 Å². The lowest BCUT2D eigenvalue weighted by Crippen LogP contribution is -2.76. The Balaban J connectivity index is 2.34. The number of ether oxygens (including phenoxy) is 1. The number of amides is 1. The molecular formula is C16H21N3O6. The van der Waals surface area contributed by atoms with Gasteiger partial charge < -0.3 is 15.2 Å². The van der Waals surface area contributed by atoms with Crippen molar-refractivity contribution < 1.29 is 24.4 Å². The lowest BCUT2D eigenvalue weighted by molar-refractivity contribution is -0.385. The lowest BCUT2D eigenvalue weighted by atomic mass is 9.54. The topological polar surface area (TPSA) is 132 Å². The minimum atomic E-state index is -1.51. The van der Waals surface area contributed by atoms with Crippen LogP contribution in [0.1, 0.15) is 43.2 Å². The molecule has 2 rings (SSSR count). The highest BCUT2D eigenvalue weighted by molar-refractivity contribution is 5.99. The summed E-state index contributed by atoms with van der Waals surface area (Å²) in [5, 5.41) is 23.2. The molecule has 2 unspecified atom stereocenters. The molecule has 2 atom stereocenters. The number of carboxylic acids is 1. The van der Waals surface area contributed by atoms with Crippen LogP contribution in [0.25, 0.3) is 0 Å². The number of hydrogen-bond donors (Lipinski definition) is 2. The molecule has 0 radical (unpaired) electrons. The Morgan fingerprint density at radius 1 is 1.52 bits per heavy atom. The zero-order valence-corrected chi connectivity index (χ0v) is 14.5. The van der Waals surface area contributed by atoms with E-state index in [1.807, 2.05) is 6.92 Å². The van der Waals surface area contributed by atoms with E-state index in [1.165, 1.54) is 6.92 Å². The summed E-state index contributed by atoms with van der Waals surface area (Å²) < 4.78 is 5.54. The van der Waals surface area contributed by atoms with Crippen molar-refractivity contribution in [2.75, 3.05) is 6.61 Å². The first-order valence-electron chi connectivity index (χ1n) is 7.85. The van der Waals surface area contributed by atoms with Gasteiger partial charge in [-0.15, -0.1) is 0 Å². The van der Waals surface area contributed by atoms with E-state index in [0.29, 0.717) is 6.61 Å². The maximum absolute atomic E-state index is 12.6. The fraction of sp³-hybridized carbons (Fsp3) is 0.562. The number of pyridine rings is 1. The van der Waals surface area contributed by atoms with Gasteiger partial charge in [-0.1, -0.05) is 13.8 Å². The molecule has 0 spiro atoms. The molecule has 1 aromatic rings. The van der Waals surface area contributed by atoms with E-state index in [-0.39, 0.29) is 29.5 Å². The number of hydrogen-bond acceptors (Lipinski definition) is 6. The molecule has 0 aliphatic heterocycles. The minimum Gasteiger partial charge on any atom is -0.479 e. The van der Waals surface area contributed by atoms with Crippen molar-refractivity contribution in [3.8, 4) is 0 Å². The zero-order valence-electron chi connectivity index (χ0n) is 14.5. The van der Waals surface area contributed by atoms with E-state index in [0.717, 1.165) is 12.3 Å². The quantitative estimate of drug-likeness (QED) is 0.588. The van der Waals surface area contributed by atoms with Gasteiger partial charge >= 0.3 is 5.97 Å². The molecule has 136 valence electrons. The van der Waals surface area contributed by atoms with Gasteiger partial charge in [0.15, 0.2) is 0 Å². The molecule has 25 heavy (non-hydrogen) atoms. The molecule has 1 heterocycles. The maximum atomic E-state index is 12.6. The Hall–Kier alpha value is -2.55. The van der Waals surface area contributed by atoms with Crippen molar-refractivity contribution in [3.63, 3.8) is 0 Å². The summed E-state index contributed by atoms with van der Waals surface area (Å²) in [6, 6.07) is 1.10. The number of aryl methyl sites for hydroxylation is 1. The Bertz CT molecular complexity index is 733. The molecular weight excluding hydrogens is 330 g/mol. The van der Waals surface area contributed by atoms with E-state index in [4.69, 9.17) is 4.74 Å². The van der Waals surface area contributed by atoms with Crippen molar-refractivity contribution in [1.29, 1.82) is 0 Å². The predicted molar refractivity (Wildman–Crippen MR) is 87.3 cm³/mol. The number of aromatic nitrogens is 1. The highest BCUT2D eigenvalue weighted by Crippen LogP contribution is 2.51. The molecule has 1 aliphatic carbocycles. The third-order valence-electron chi connectivity index (χ3n) is 4.98. The molecule has 1 amide bonds. The summed E-state index contributed by atoms with van der Waals surface area (Å²) >= 11 is 0. The summed E-state index contributed by atoms with van der Waals surface area (Å²) in [6.07, 6.45) is 0.867. The average molecular weight is 351 g/mol. The summed E-state index contributed by atoms with van der Waals surface area (Å²) in [7, 11) is 0. The molecule has 9 nitrogen and oxygen atoms in total. The number of rotatable bonds is 6. The van der Waals surface area contributed by atoms with Gasteiger partial charge in [0, 0.05) is 24.5 Å². The SMILES string of the molecule is CCOC1CC(NC(=O)c2cc([N+](=O)[O-])cnc2C)(C(=O)O)C1(C)C. The Kier molecular flexibility index (Phi) is 4.81. The average Bonchev–Trinajstić information content (AvgIpc) is 2.53. The number of carbonyl (C=O) groups is 2. The number of nitro groups is 1. The first kappa shape index (κ1) is 18.8. The molecule has 1 aromatic heterocycles. The second kappa shape index (κ2) is 6.40. The molecule has 1 fully saturated rings. The molecule has 0 aromatic carbocycles. The van der Waals surface area contributed by atoms with Gasteiger partial charge in [-0.25, -0.2) is 4.79 Å². The Morgan fingerprint density at radius 2 is 2.16 bits per heavy atom. The van der Waals surface area contributed by atoms with Gasteiger partial charge in [0.05, 0.1) is 22.3 Å². The predicted octanol–water partition coefficient (Wildman–Crippen LogP) is 1.69. The molecule has 1 saturated carbocycles. The fourth-order valence-corrected chi connectivity index (χ4v) is 3.15. The highest BCUT2D eigenvalue weighted by atomic mass is 16.6. The largest absolute Gasteiger partial charge is 0.479 e. The summed E-state index contributed by atoms with van der Waals surface area (Å²) in [6.45, 7) is 7.20. The van der Waals surface area contributed by atoms with Gasteiger partial charge in [0.1, 0.15) is 11.7 Å². The molecule has 0 saturated heterocycles. The van der Waals surface area contributed by atoms with E-state index in [2.05, 4.69) is 10.3 Å². The number of nitrogens with one attached hydrogen (secondary N) is 1. The first-order chi connectivity index (χ1) is 11.6. The number of nitrogens with zero attached hydrogens (tertiary/aromatic N) is 2. The smallest absolute Gasteiger partial charge is 0.330 e. The molecule has 0 bridgehead atoms. The van der Waals surface area contributed by atoms with Gasteiger partial charge in [-0.05, 0) is 13.8 Å². The molecule has 2 N–H and O–H groups in total. The van der Waals surface area contributed by atoms with Crippen molar-refractivity contribution in [2.45, 2.75) is 45.8 Å². The van der Waals surface area contributed by atoms with Crippen LogP contribution < -0.4 is 5.32 Å². The van der Waals surface area contributed by atoms with E-state index in [9.17, 15) is 24.8 Å². The van der Waals surface area contributed by atoms with Crippen molar-refractivity contribution >= 4 is 17.6 Å². The Morgan fingerprint density at radius 3 is 2.64 bits per heavy atom. The van der Waals surface area contributed by atoms with Crippen LogP contribution in [-0.4, -0.2) is 45.1 Å². The summed E-state index contributed by atoms with van der Waals surface area (Å²) in [5.41, 5.74) is -2.43. The van der Waals surface area contributed by atoms with Gasteiger partial charge in [0.25, 0.3) is 11.6 Å². The zero-order chi connectivity index (χ0) is 19.0. The highest BCUT2D eigenvalue weighted by Gasteiger charge is 2.66. The second-order valence-corrected chi connectivity index (χ2v) is 6.62. The third-order valence-corrected chi connectivity index (χ3v) is 4.98. The van der Waals surface area contributed by atoms with Crippen LogP contribution in [0.15, 0.2) is 12.3 Å². The second-order valence-electron chi connectivity index (χ2n) is 6.62. The van der Waals surface area contributed by atoms with Gasteiger partial charge in [-0.3, -0.25) is 19.9 Å². The van der Waals surface area contributed by atoms with E-state index < -0.39 is 27.8 Å². The van der Waals surface area contributed by atoms with Crippen LogP contribution in [-0.2, 0) is 9.53 Å². The summed E-state index contributed by atoms with van der Waals surface area (Å²) in [5.74, 6) is -1.88. The first-order valence-corrected chi connectivity index (χ1v) is 7.85. The standard InChI is InChI=1S/C16H21N3O6/c1-5-25-12-7-16(14(21)22,15(12,3)4)18-13(20)11-6-10(19(23)24)8-17-9(11)2/h6,8,12H,5,7H2,1-4H3,(H,18,20)(H,21,22). The molecule has 1 aliphatic rings. The van der Waals surface area contributed by atoms with Crippen LogP contribution >= 0.6 is 0 Å². The van der Waals surface area contributed by atoms with Crippen LogP contribution in [0.2, 0.25) is 0 Å². The number of aliphatic carboxylic acids is 1. The van der Waals surface area contributed by atoms with E-state index in [1.54, 1.807) is 13.8 Å². The van der Waals surface area contributed by atoms with Gasteiger partial charge in [-0.2, -0.15) is 0 Å². The number of carboxylic acid groups (broad SMARTS) is 1. The van der Waals surface area contributed by atoms with Crippen LogP contribution in [0.4, 0.5) is 5.69 Å². The van der Waals surface area contributed by atoms with Crippen LogP contribution in [0.3, 0.4) is 0 Å². The fourth-order valence-electron chi connectivity index (χ4n) is 3.15. The number of carbonyl (C=O) groups excluding carboxylic acids is 1. The maximum Gasteiger partial charge on any atom is 0.330 e. The van der Waals surface area contributed by atoms with Gasteiger partial charge in [0.2, 0.25) is 0 Å². The van der Waals surface area contributed by atoms with E-state index >= 15 is 0 Å². The monoisotopic (exact) mass is 351 g/mol. The minimum absolute atomic E-state index is 0.0227. The van der Waals surface area contributed by atoms with Crippen molar-refractivity contribution in [2.24, 2.45) is 5.41 Å². The summed E-state index contributed by atoms with van der Waals surface area (Å²) in [4.78, 5) is 38.6. The third kappa shape index (κ3) is 2.95. The van der Waals surface area contributed by atoms with Crippen LogP contribution in [0.5, 0.6) is 0 Å². The molecule has 9 heteroatoms. The van der Waals surface area contributed by atoms with Crippen molar-refractivity contribution in [3.05, 3.63) is 33.6 Å². The van der Waals surface area contributed by atoms with Crippen molar-refractivity contribution in [1.82, 2.24) is 10.3 Å². The normalized spacial score (nSPS) is 24.2.